The summed E-state index contributed by atoms with van der Waals surface area (Å²) in [7, 11) is -4.21. The molecule has 1 amide bonds. The van der Waals surface area contributed by atoms with Gasteiger partial charge < -0.3 is 10.1 Å². The van der Waals surface area contributed by atoms with Gasteiger partial charge in [0.05, 0.1) is 17.3 Å². The van der Waals surface area contributed by atoms with Crippen LogP contribution in [0.3, 0.4) is 0 Å². The molecule has 0 aliphatic heterocycles. The molecule has 0 aliphatic carbocycles. The van der Waals surface area contributed by atoms with Crippen molar-refractivity contribution in [2.24, 2.45) is 0 Å². The molecule has 0 heterocycles. The minimum atomic E-state index is -4.21. The van der Waals surface area contributed by atoms with Gasteiger partial charge in [-0.2, -0.15) is 0 Å². The molecule has 0 aliphatic rings. The number of hydrogen-bond donors (Lipinski definition) is 1. The van der Waals surface area contributed by atoms with Crippen molar-refractivity contribution in [3.05, 3.63) is 81.8 Å². The summed E-state index contributed by atoms with van der Waals surface area (Å²) in [4.78, 5) is 12.8. The Kier molecular flexibility index (Phi) is 7.89. The second-order valence-electron chi connectivity index (χ2n) is 7.31. The van der Waals surface area contributed by atoms with E-state index in [9.17, 15) is 13.2 Å². The fourth-order valence-electron chi connectivity index (χ4n) is 3.23. The standard InChI is InChI=1S/C24H24Cl2N2O4S/c1-4-32-20-11-9-19(10-12-20)27-24(29)15-28(22-7-5-6-16(2)17(22)3)33(30,31)23-14-18(25)8-13-21(23)26/h5-14H,4,15H2,1-3H3,(H,27,29). The van der Waals surface area contributed by atoms with E-state index in [4.69, 9.17) is 27.9 Å². The number of sulfonamides is 1. The Morgan fingerprint density at radius 1 is 1.03 bits per heavy atom. The second kappa shape index (κ2) is 10.5. The Hall–Kier alpha value is -2.74. The van der Waals surface area contributed by atoms with Crippen molar-refractivity contribution < 1.29 is 17.9 Å². The van der Waals surface area contributed by atoms with E-state index in [-0.39, 0.29) is 14.9 Å². The van der Waals surface area contributed by atoms with Crippen LogP contribution in [0, 0.1) is 13.8 Å². The largest absolute Gasteiger partial charge is 0.494 e. The third-order valence-electron chi connectivity index (χ3n) is 5.04. The molecule has 0 spiro atoms. The minimum absolute atomic E-state index is 0.0154. The zero-order valence-electron chi connectivity index (χ0n) is 18.4. The summed E-state index contributed by atoms with van der Waals surface area (Å²) >= 11 is 12.3. The lowest BCUT2D eigenvalue weighted by molar-refractivity contribution is -0.114. The monoisotopic (exact) mass is 506 g/mol. The van der Waals surface area contributed by atoms with Crippen LogP contribution < -0.4 is 14.4 Å². The molecule has 3 aromatic carbocycles. The summed E-state index contributed by atoms with van der Waals surface area (Å²) in [5.41, 5.74) is 2.51. The fraction of sp³-hybridized carbons (Fsp3) is 0.208. The molecule has 1 N–H and O–H groups in total. The van der Waals surface area contributed by atoms with E-state index in [0.717, 1.165) is 15.4 Å². The first-order valence-electron chi connectivity index (χ1n) is 10.2. The van der Waals surface area contributed by atoms with Crippen molar-refractivity contribution in [3.63, 3.8) is 0 Å². The zero-order valence-corrected chi connectivity index (χ0v) is 20.8. The number of carbonyl (C=O) groups excluding carboxylic acids is 1. The lowest BCUT2D eigenvalue weighted by Crippen LogP contribution is -2.38. The Labute approximate surface area is 204 Å². The third kappa shape index (κ3) is 5.79. The highest BCUT2D eigenvalue weighted by Crippen LogP contribution is 2.33. The number of amides is 1. The number of hydrogen-bond acceptors (Lipinski definition) is 4. The smallest absolute Gasteiger partial charge is 0.266 e. The van der Waals surface area contributed by atoms with Gasteiger partial charge >= 0.3 is 0 Å². The molecule has 0 fully saturated rings. The van der Waals surface area contributed by atoms with Gasteiger partial charge in [-0.15, -0.1) is 0 Å². The zero-order chi connectivity index (χ0) is 24.2. The Bertz CT molecular complexity index is 1260. The van der Waals surface area contributed by atoms with Gasteiger partial charge in [-0.3, -0.25) is 9.10 Å². The Morgan fingerprint density at radius 2 is 1.73 bits per heavy atom. The fourth-order valence-corrected chi connectivity index (χ4v) is 5.45. The highest BCUT2D eigenvalue weighted by Gasteiger charge is 2.30. The molecular weight excluding hydrogens is 483 g/mol. The summed E-state index contributed by atoms with van der Waals surface area (Å²) in [6, 6.07) is 16.3. The summed E-state index contributed by atoms with van der Waals surface area (Å²) in [5.74, 6) is 0.160. The van der Waals surface area contributed by atoms with E-state index < -0.39 is 22.5 Å². The van der Waals surface area contributed by atoms with E-state index in [1.54, 1.807) is 43.3 Å². The van der Waals surface area contributed by atoms with Crippen molar-refractivity contribution in [3.8, 4) is 5.75 Å². The quantitative estimate of drug-likeness (QED) is 0.416. The topological polar surface area (TPSA) is 75.7 Å². The minimum Gasteiger partial charge on any atom is -0.494 e. The number of halogens is 2. The van der Waals surface area contributed by atoms with Crippen molar-refractivity contribution in [1.29, 1.82) is 0 Å². The highest BCUT2D eigenvalue weighted by atomic mass is 35.5. The average molecular weight is 507 g/mol. The van der Waals surface area contributed by atoms with E-state index in [0.29, 0.717) is 23.7 Å². The number of aryl methyl sites for hydroxylation is 1. The van der Waals surface area contributed by atoms with Crippen molar-refractivity contribution in [1.82, 2.24) is 0 Å². The van der Waals surface area contributed by atoms with Crippen LogP contribution in [0.25, 0.3) is 0 Å². The first kappa shape index (κ1) is 24.9. The van der Waals surface area contributed by atoms with Crippen molar-refractivity contribution >= 4 is 50.5 Å². The number of carbonyl (C=O) groups is 1. The maximum absolute atomic E-state index is 13.7. The van der Waals surface area contributed by atoms with Crippen LogP contribution in [0.15, 0.2) is 65.6 Å². The van der Waals surface area contributed by atoms with Gasteiger partial charge in [-0.25, -0.2) is 8.42 Å². The maximum atomic E-state index is 13.7. The molecular formula is C24H24Cl2N2O4S. The second-order valence-corrected chi connectivity index (χ2v) is 9.99. The highest BCUT2D eigenvalue weighted by molar-refractivity contribution is 7.93. The molecule has 0 atom stereocenters. The van der Waals surface area contributed by atoms with E-state index >= 15 is 0 Å². The van der Waals surface area contributed by atoms with Gasteiger partial charge in [0, 0.05) is 10.7 Å². The van der Waals surface area contributed by atoms with Crippen LogP contribution in [0.1, 0.15) is 18.1 Å². The predicted octanol–water partition coefficient (Wildman–Crippen LogP) is 5.84. The number of ether oxygens (including phenoxy) is 1. The van der Waals surface area contributed by atoms with Gasteiger partial charge in [-0.1, -0.05) is 35.3 Å². The molecule has 3 aromatic rings. The van der Waals surface area contributed by atoms with Crippen LogP contribution in [0.4, 0.5) is 11.4 Å². The van der Waals surface area contributed by atoms with Gasteiger partial charge in [0.25, 0.3) is 10.0 Å². The van der Waals surface area contributed by atoms with Crippen LogP contribution in [-0.2, 0) is 14.8 Å². The molecule has 33 heavy (non-hydrogen) atoms. The van der Waals surface area contributed by atoms with Crippen molar-refractivity contribution in [2.75, 3.05) is 22.8 Å². The van der Waals surface area contributed by atoms with Crippen LogP contribution in [0.2, 0.25) is 10.0 Å². The lowest BCUT2D eigenvalue weighted by Gasteiger charge is -2.26. The normalized spacial score (nSPS) is 11.2. The lowest BCUT2D eigenvalue weighted by atomic mass is 10.1. The number of nitrogens with zero attached hydrogens (tertiary/aromatic N) is 1. The number of rotatable bonds is 8. The molecule has 3 rings (SSSR count). The molecule has 0 unspecified atom stereocenters. The van der Waals surface area contributed by atoms with Crippen LogP contribution in [0.5, 0.6) is 5.75 Å². The van der Waals surface area contributed by atoms with Crippen LogP contribution in [-0.4, -0.2) is 27.5 Å². The molecule has 6 nitrogen and oxygen atoms in total. The van der Waals surface area contributed by atoms with E-state index in [1.807, 2.05) is 19.9 Å². The van der Waals surface area contributed by atoms with Gasteiger partial charge in [0.15, 0.2) is 0 Å². The number of anilines is 2. The molecule has 9 heteroatoms. The summed E-state index contributed by atoms with van der Waals surface area (Å²) in [6.07, 6.45) is 0. The summed E-state index contributed by atoms with van der Waals surface area (Å²) in [5, 5.41) is 2.97. The molecule has 0 bridgehead atoms. The summed E-state index contributed by atoms with van der Waals surface area (Å²) < 4.78 is 33.8. The molecule has 0 saturated carbocycles. The molecule has 0 radical (unpaired) electrons. The first-order valence-corrected chi connectivity index (χ1v) is 12.4. The van der Waals surface area contributed by atoms with E-state index in [2.05, 4.69) is 5.32 Å². The van der Waals surface area contributed by atoms with Gasteiger partial charge in [0.1, 0.15) is 17.2 Å². The SMILES string of the molecule is CCOc1ccc(NC(=O)CN(c2cccc(C)c2C)S(=O)(=O)c2cc(Cl)ccc2Cl)cc1. The van der Waals surface area contributed by atoms with Gasteiger partial charge in [0.2, 0.25) is 5.91 Å². The molecule has 0 saturated heterocycles. The Morgan fingerprint density at radius 3 is 2.39 bits per heavy atom. The number of benzene rings is 3. The predicted molar refractivity (Wildman–Crippen MR) is 133 cm³/mol. The van der Waals surface area contributed by atoms with Crippen LogP contribution >= 0.6 is 23.2 Å². The van der Waals surface area contributed by atoms with Gasteiger partial charge in [-0.05, 0) is 80.4 Å². The maximum Gasteiger partial charge on any atom is 0.266 e. The average Bonchev–Trinajstić information content (AvgIpc) is 2.77. The molecule has 174 valence electrons. The van der Waals surface area contributed by atoms with E-state index in [1.165, 1.54) is 18.2 Å². The first-order chi connectivity index (χ1) is 15.6. The third-order valence-corrected chi connectivity index (χ3v) is 7.52. The Balaban J connectivity index is 1.98. The van der Waals surface area contributed by atoms with Crippen molar-refractivity contribution in [2.45, 2.75) is 25.7 Å². The molecule has 0 aromatic heterocycles. The number of nitrogens with one attached hydrogen (secondary N) is 1. The summed E-state index contributed by atoms with van der Waals surface area (Å²) in [6.45, 7) is 5.63.